The number of carbonyl (C=O) groups excluding carboxylic acids is 3. The van der Waals surface area contributed by atoms with Crippen LogP contribution in [-0.4, -0.2) is 75.5 Å². The van der Waals surface area contributed by atoms with Crippen LogP contribution in [0.4, 0.5) is 18.9 Å². The summed E-state index contributed by atoms with van der Waals surface area (Å²) in [6, 6.07) is 5.82. The van der Waals surface area contributed by atoms with Crippen molar-refractivity contribution < 1.29 is 41.8 Å². The molecule has 2 N–H and O–H groups in total. The molecule has 1 atom stereocenters. The third-order valence-electron chi connectivity index (χ3n) is 6.73. The van der Waals surface area contributed by atoms with Gasteiger partial charge in [-0.2, -0.15) is 13.2 Å². The molecule has 1 amide bonds. The lowest BCUT2D eigenvalue weighted by Crippen LogP contribution is -2.38. The number of rotatable bonds is 9. The van der Waals surface area contributed by atoms with Crippen LogP contribution < -0.4 is 19.7 Å². The molecule has 10 nitrogen and oxygen atoms in total. The van der Waals surface area contributed by atoms with Gasteiger partial charge in [0.2, 0.25) is 6.23 Å². The number of fused-ring (bicyclic) bond motifs is 1. The minimum Gasteiger partial charge on any atom is -0.493 e. The topological polar surface area (TPSA) is 121 Å². The normalized spacial score (nSPS) is 14.9. The smallest absolute Gasteiger partial charge is 0.491 e. The highest BCUT2D eigenvalue weighted by Gasteiger charge is 2.47. The molecule has 0 radical (unpaired) electrons. The summed E-state index contributed by atoms with van der Waals surface area (Å²) in [5.74, 6) is -3.20. The largest absolute Gasteiger partial charge is 0.493 e. The Labute approximate surface area is 248 Å². The second-order valence-corrected chi connectivity index (χ2v) is 11.6. The zero-order chi connectivity index (χ0) is 32.6. The van der Waals surface area contributed by atoms with Gasteiger partial charge in [-0.25, -0.2) is 4.79 Å². The number of carbonyl (C=O) groups is 3. The maximum Gasteiger partial charge on any atom is 0.491 e. The van der Waals surface area contributed by atoms with Gasteiger partial charge in [0.15, 0.2) is 17.3 Å². The molecule has 0 aromatic heterocycles. The number of ether oxygens (including phenoxy) is 3. The fourth-order valence-corrected chi connectivity index (χ4v) is 4.72. The Morgan fingerprint density at radius 1 is 1.09 bits per heavy atom. The maximum atomic E-state index is 13.8. The van der Waals surface area contributed by atoms with E-state index >= 15 is 0 Å². The van der Waals surface area contributed by atoms with Crippen LogP contribution in [0.5, 0.6) is 11.5 Å². The molecule has 0 aliphatic carbocycles. The minimum atomic E-state index is -5.33. The molecule has 2 aromatic carbocycles. The fraction of sp³-hybridized carbons (Fsp3) is 0.467. The molecule has 0 saturated carbocycles. The molecule has 13 heteroatoms. The first-order valence-electron chi connectivity index (χ1n) is 13.4. The van der Waals surface area contributed by atoms with E-state index in [-0.39, 0.29) is 34.2 Å². The summed E-state index contributed by atoms with van der Waals surface area (Å²) >= 11 is 0. The molecule has 1 unspecified atom stereocenters. The van der Waals surface area contributed by atoms with Crippen LogP contribution in [0.2, 0.25) is 0 Å². The zero-order valence-corrected chi connectivity index (χ0v) is 25.6. The van der Waals surface area contributed by atoms with E-state index in [0.717, 1.165) is 4.90 Å². The van der Waals surface area contributed by atoms with Gasteiger partial charge in [0.1, 0.15) is 5.84 Å². The highest BCUT2D eigenvalue weighted by atomic mass is 19.4. The molecule has 0 bridgehead atoms. The van der Waals surface area contributed by atoms with E-state index in [1.807, 2.05) is 34.6 Å². The lowest BCUT2D eigenvalue weighted by Gasteiger charge is -2.28. The number of esters is 1. The number of nitrogens with zero attached hydrogens (tertiary/aromatic N) is 2. The quantitative estimate of drug-likeness (QED) is 0.308. The van der Waals surface area contributed by atoms with Gasteiger partial charge in [-0.1, -0.05) is 20.8 Å². The molecule has 234 valence electrons. The summed E-state index contributed by atoms with van der Waals surface area (Å²) in [6.45, 7) is 8.76. The first kappa shape index (κ1) is 33.2. The van der Waals surface area contributed by atoms with Gasteiger partial charge < -0.3 is 29.3 Å². The van der Waals surface area contributed by atoms with Gasteiger partial charge in [-0.3, -0.25) is 15.0 Å². The van der Waals surface area contributed by atoms with Crippen LogP contribution in [0.3, 0.4) is 0 Å². The van der Waals surface area contributed by atoms with Gasteiger partial charge in [-0.15, -0.1) is 0 Å². The molecule has 2 aromatic rings. The predicted molar refractivity (Wildman–Crippen MR) is 154 cm³/mol. The average Bonchev–Trinajstić information content (AvgIpc) is 3.15. The number of anilines is 1. The van der Waals surface area contributed by atoms with Crippen molar-refractivity contribution in [3.05, 3.63) is 52.1 Å². The van der Waals surface area contributed by atoms with Crippen molar-refractivity contribution in [3.8, 4) is 11.5 Å². The maximum absolute atomic E-state index is 13.8. The fourth-order valence-electron chi connectivity index (χ4n) is 4.72. The van der Waals surface area contributed by atoms with Crippen molar-refractivity contribution in [1.82, 2.24) is 10.2 Å². The Morgan fingerprint density at radius 2 is 1.72 bits per heavy atom. The Morgan fingerprint density at radius 3 is 2.21 bits per heavy atom. The van der Waals surface area contributed by atoms with E-state index in [1.54, 1.807) is 25.1 Å². The Hall–Kier alpha value is -4.29. The summed E-state index contributed by atoms with van der Waals surface area (Å²) in [5, 5.41) is 11.3. The van der Waals surface area contributed by atoms with E-state index < -0.39 is 42.0 Å². The minimum absolute atomic E-state index is 0.0284. The third kappa shape index (κ3) is 6.86. The van der Waals surface area contributed by atoms with Crippen molar-refractivity contribution in [1.29, 1.82) is 5.41 Å². The number of Topliss-reactive ketones (excluding diaryl/α,β-unsaturated/α-hetero) is 1. The molecule has 0 spiro atoms. The molecular formula is C30H37F3N4O6. The van der Waals surface area contributed by atoms with E-state index in [4.69, 9.17) is 19.6 Å². The SMILES string of the molecule is CNC(=O)c1cc2c(cc1N(C)C)C(OC(=O)C(F)(F)F)N(CC(=O)c1cc(OC(C)C)c(OC)c(C(C)(C)C)c1)C2=N. The number of nitrogens with one attached hydrogen (secondary N) is 2. The second-order valence-electron chi connectivity index (χ2n) is 11.6. The molecular weight excluding hydrogens is 569 g/mol. The number of methoxy groups -OCH3 is 1. The molecule has 1 aliphatic rings. The van der Waals surface area contributed by atoms with Gasteiger partial charge in [0.05, 0.1) is 25.3 Å². The molecule has 1 heterocycles. The standard InChI is InChI=1S/C30H37F3N4O6/c1-15(2)42-23-11-16(10-20(24(23)41-9)29(3,4)5)22(38)14-37-25(34)17-12-19(26(39)35-6)21(36(7)8)13-18(17)27(37)43-28(40)30(31,32)33/h10-13,15,27,34H,14H2,1-9H3,(H,35,39). The number of alkyl halides is 3. The second kappa shape index (κ2) is 12.1. The summed E-state index contributed by atoms with van der Waals surface area (Å²) in [5.41, 5.74) is 0.856. The summed E-state index contributed by atoms with van der Waals surface area (Å²) in [7, 11) is 6.15. The predicted octanol–water partition coefficient (Wildman–Crippen LogP) is 4.83. The van der Waals surface area contributed by atoms with E-state index in [0.29, 0.717) is 22.7 Å². The Bertz CT molecular complexity index is 1450. The lowest BCUT2D eigenvalue weighted by atomic mass is 9.84. The first-order valence-corrected chi connectivity index (χ1v) is 13.4. The van der Waals surface area contributed by atoms with Crippen LogP contribution in [0, 0.1) is 5.41 Å². The highest BCUT2D eigenvalue weighted by Crippen LogP contribution is 2.42. The van der Waals surface area contributed by atoms with Crippen molar-refractivity contribution >= 4 is 29.2 Å². The molecule has 0 fully saturated rings. The molecule has 1 aliphatic heterocycles. The zero-order valence-electron chi connectivity index (χ0n) is 25.6. The van der Waals surface area contributed by atoms with Gasteiger partial charge >= 0.3 is 12.1 Å². The summed E-state index contributed by atoms with van der Waals surface area (Å²) in [6.07, 6.45) is -7.35. The van der Waals surface area contributed by atoms with Crippen molar-refractivity contribution in [3.63, 3.8) is 0 Å². The number of amides is 1. The number of amidine groups is 1. The third-order valence-corrected chi connectivity index (χ3v) is 6.73. The van der Waals surface area contributed by atoms with Crippen LogP contribution in [0.25, 0.3) is 0 Å². The molecule has 43 heavy (non-hydrogen) atoms. The van der Waals surface area contributed by atoms with Crippen LogP contribution in [0.15, 0.2) is 24.3 Å². The van der Waals surface area contributed by atoms with Gasteiger partial charge in [-0.05, 0) is 43.5 Å². The van der Waals surface area contributed by atoms with Crippen LogP contribution in [-0.2, 0) is 14.9 Å². The number of ketones is 1. The Balaban J connectivity index is 2.16. The van der Waals surface area contributed by atoms with E-state index in [2.05, 4.69) is 5.32 Å². The van der Waals surface area contributed by atoms with Gasteiger partial charge in [0, 0.05) is 49.1 Å². The number of benzene rings is 2. The monoisotopic (exact) mass is 606 g/mol. The Kier molecular flexibility index (Phi) is 9.37. The molecule has 3 rings (SSSR count). The highest BCUT2D eigenvalue weighted by molar-refractivity contribution is 6.09. The number of hydrogen-bond donors (Lipinski definition) is 2. The van der Waals surface area contributed by atoms with E-state index in [1.165, 1.54) is 32.4 Å². The lowest BCUT2D eigenvalue weighted by molar-refractivity contribution is -0.210. The van der Waals surface area contributed by atoms with Crippen molar-refractivity contribution in [2.24, 2.45) is 0 Å². The average molecular weight is 607 g/mol. The van der Waals surface area contributed by atoms with Gasteiger partial charge in [0.25, 0.3) is 5.91 Å². The van der Waals surface area contributed by atoms with Crippen molar-refractivity contribution in [2.45, 2.75) is 58.5 Å². The number of hydrogen-bond acceptors (Lipinski definition) is 8. The van der Waals surface area contributed by atoms with Crippen molar-refractivity contribution in [2.75, 3.05) is 39.7 Å². The number of halogens is 3. The summed E-state index contributed by atoms with van der Waals surface area (Å²) < 4.78 is 56.4. The molecule has 0 saturated heterocycles. The van der Waals surface area contributed by atoms with Crippen LogP contribution >= 0.6 is 0 Å². The summed E-state index contributed by atoms with van der Waals surface area (Å²) in [4.78, 5) is 40.9. The van der Waals surface area contributed by atoms with E-state index in [9.17, 15) is 27.6 Å². The van der Waals surface area contributed by atoms with Crippen LogP contribution in [0.1, 0.15) is 78.3 Å². The first-order chi connectivity index (χ1) is 19.8.